The average molecular weight is 194 g/mol. The van der Waals surface area contributed by atoms with Crippen molar-refractivity contribution in [3.8, 4) is 22.6 Å². The molecule has 0 N–H and O–H groups in total. The first-order valence-corrected chi connectivity index (χ1v) is 4.93. The number of benzene rings is 2. The molecule has 15 heavy (non-hydrogen) atoms. The van der Waals surface area contributed by atoms with Gasteiger partial charge in [0.2, 0.25) is 0 Å². The van der Waals surface area contributed by atoms with Crippen LogP contribution in [0.2, 0.25) is 0 Å². The Balaban J connectivity index is 2.14. The predicted octanol–water partition coefficient (Wildman–Crippen LogP) is 4.10. The average Bonchev–Trinajstić information content (AvgIpc) is 3.08. The second-order valence-corrected chi connectivity index (χ2v) is 3.53. The molecule has 0 saturated heterocycles. The van der Waals surface area contributed by atoms with Gasteiger partial charge in [-0.05, 0) is 11.6 Å². The molecule has 1 heteroatoms. The van der Waals surface area contributed by atoms with Crippen molar-refractivity contribution >= 4 is 6.08 Å². The number of hydrogen-bond donors (Lipinski definition) is 0. The SMILES string of the molecule is C=Cc1ccc(-c2ccccc2)c2c1O2. The molecule has 0 amide bonds. The van der Waals surface area contributed by atoms with Gasteiger partial charge in [-0.2, -0.15) is 0 Å². The summed E-state index contributed by atoms with van der Waals surface area (Å²) >= 11 is 0. The molecule has 0 fully saturated rings. The molecule has 2 aromatic rings. The maximum atomic E-state index is 5.47. The van der Waals surface area contributed by atoms with Crippen LogP contribution in [-0.2, 0) is 0 Å². The molecule has 0 atom stereocenters. The maximum Gasteiger partial charge on any atom is 0.178 e. The van der Waals surface area contributed by atoms with Gasteiger partial charge in [0.25, 0.3) is 0 Å². The van der Waals surface area contributed by atoms with Crippen LogP contribution in [0, 0.1) is 0 Å². The highest BCUT2D eigenvalue weighted by molar-refractivity contribution is 5.84. The molecule has 0 spiro atoms. The third-order valence-corrected chi connectivity index (χ3v) is 2.61. The van der Waals surface area contributed by atoms with Crippen LogP contribution in [0.3, 0.4) is 0 Å². The third-order valence-electron chi connectivity index (χ3n) is 2.61. The van der Waals surface area contributed by atoms with Gasteiger partial charge in [0, 0.05) is 11.1 Å². The minimum Gasteiger partial charge on any atom is -0.448 e. The summed E-state index contributed by atoms with van der Waals surface area (Å²) in [5, 5.41) is 0. The summed E-state index contributed by atoms with van der Waals surface area (Å²) in [6, 6.07) is 14.4. The van der Waals surface area contributed by atoms with E-state index in [1.165, 1.54) is 5.56 Å². The lowest BCUT2D eigenvalue weighted by atomic mass is 10.0. The molecular formula is C14H10O. The Bertz CT molecular complexity index is 527. The Hall–Kier alpha value is -2.02. The van der Waals surface area contributed by atoms with Crippen molar-refractivity contribution in [2.45, 2.75) is 0 Å². The Morgan fingerprint density at radius 2 is 1.73 bits per heavy atom. The highest BCUT2D eigenvalue weighted by Gasteiger charge is 2.27. The van der Waals surface area contributed by atoms with Gasteiger partial charge in [0.05, 0.1) is 0 Å². The summed E-state index contributed by atoms with van der Waals surface area (Å²) in [5.41, 5.74) is 3.43. The summed E-state index contributed by atoms with van der Waals surface area (Å²) in [5.74, 6) is 1.98. The molecule has 3 rings (SSSR count). The number of ether oxygens (including phenoxy) is 1. The van der Waals surface area contributed by atoms with E-state index in [9.17, 15) is 0 Å². The van der Waals surface area contributed by atoms with Gasteiger partial charge in [0.15, 0.2) is 11.5 Å². The van der Waals surface area contributed by atoms with Crippen molar-refractivity contribution in [3.63, 3.8) is 0 Å². The first kappa shape index (κ1) is 8.30. The second-order valence-electron chi connectivity index (χ2n) is 3.53. The van der Waals surface area contributed by atoms with E-state index in [4.69, 9.17) is 4.74 Å². The van der Waals surface area contributed by atoms with Crippen LogP contribution in [0.4, 0.5) is 0 Å². The second kappa shape index (κ2) is 2.99. The minimum absolute atomic E-state index is 0.978. The lowest BCUT2D eigenvalue weighted by molar-refractivity contribution is 0.650. The molecule has 1 aliphatic rings. The van der Waals surface area contributed by atoms with Gasteiger partial charge in [-0.25, -0.2) is 0 Å². The zero-order valence-electron chi connectivity index (χ0n) is 8.23. The van der Waals surface area contributed by atoms with E-state index in [1.54, 1.807) is 0 Å². The highest BCUT2D eigenvalue weighted by Crippen LogP contribution is 2.54. The van der Waals surface area contributed by atoms with Crippen molar-refractivity contribution in [1.82, 2.24) is 0 Å². The lowest BCUT2D eigenvalue weighted by Gasteiger charge is -1.97. The molecule has 72 valence electrons. The van der Waals surface area contributed by atoms with Crippen LogP contribution in [0.15, 0.2) is 49.0 Å². The number of fused-ring (bicyclic) bond motifs is 1. The molecular weight excluding hydrogens is 184 g/mol. The van der Waals surface area contributed by atoms with E-state index < -0.39 is 0 Å². The number of rotatable bonds is 2. The monoisotopic (exact) mass is 194 g/mol. The van der Waals surface area contributed by atoms with Crippen LogP contribution in [-0.4, -0.2) is 0 Å². The molecule has 2 aromatic carbocycles. The van der Waals surface area contributed by atoms with E-state index in [0.29, 0.717) is 0 Å². The zero-order valence-corrected chi connectivity index (χ0v) is 8.23. The Kier molecular flexibility index (Phi) is 1.65. The van der Waals surface area contributed by atoms with Gasteiger partial charge >= 0.3 is 0 Å². The summed E-state index contributed by atoms with van der Waals surface area (Å²) in [6.07, 6.45) is 1.82. The Morgan fingerprint density at radius 1 is 0.933 bits per heavy atom. The quantitative estimate of drug-likeness (QED) is 0.559. The normalized spacial score (nSPS) is 11.5. The Labute approximate surface area is 88.6 Å². The van der Waals surface area contributed by atoms with Gasteiger partial charge in [-0.15, -0.1) is 0 Å². The minimum atomic E-state index is 0.978. The summed E-state index contributed by atoms with van der Waals surface area (Å²) in [6.45, 7) is 3.75. The fourth-order valence-electron chi connectivity index (χ4n) is 1.77. The van der Waals surface area contributed by atoms with E-state index in [2.05, 4.69) is 24.8 Å². The van der Waals surface area contributed by atoms with Crippen molar-refractivity contribution < 1.29 is 4.74 Å². The molecule has 0 aliphatic carbocycles. The standard InChI is InChI=1S/C14H10O/c1-2-10-8-9-12(14-13(10)15-14)11-6-4-3-5-7-11/h2-9H,1H2. The molecule has 0 aromatic heterocycles. The van der Waals surface area contributed by atoms with Gasteiger partial charge < -0.3 is 4.74 Å². The van der Waals surface area contributed by atoms with E-state index in [0.717, 1.165) is 22.6 Å². The molecule has 1 aliphatic heterocycles. The van der Waals surface area contributed by atoms with Crippen LogP contribution in [0.25, 0.3) is 17.2 Å². The van der Waals surface area contributed by atoms with Gasteiger partial charge in [-0.3, -0.25) is 0 Å². The first-order chi connectivity index (χ1) is 7.40. The maximum absolute atomic E-state index is 5.47. The smallest absolute Gasteiger partial charge is 0.178 e. The van der Waals surface area contributed by atoms with Crippen molar-refractivity contribution in [1.29, 1.82) is 0 Å². The molecule has 0 radical (unpaired) electrons. The molecule has 1 heterocycles. The highest BCUT2D eigenvalue weighted by atomic mass is 16.6. The molecule has 0 bridgehead atoms. The van der Waals surface area contributed by atoms with E-state index in [-0.39, 0.29) is 0 Å². The number of hydrogen-bond acceptors (Lipinski definition) is 1. The topological polar surface area (TPSA) is 12.5 Å². The summed E-state index contributed by atoms with van der Waals surface area (Å²) in [4.78, 5) is 0. The largest absolute Gasteiger partial charge is 0.448 e. The summed E-state index contributed by atoms with van der Waals surface area (Å²) < 4.78 is 5.47. The summed E-state index contributed by atoms with van der Waals surface area (Å²) in [7, 11) is 0. The van der Waals surface area contributed by atoms with Crippen molar-refractivity contribution in [2.75, 3.05) is 0 Å². The van der Waals surface area contributed by atoms with Gasteiger partial charge in [0.1, 0.15) is 0 Å². The van der Waals surface area contributed by atoms with Crippen LogP contribution in [0.5, 0.6) is 11.5 Å². The zero-order chi connectivity index (χ0) is 10.3. The van der Waals surface area contributed by atoms with Crippen LogP contribution < -0.4 is 4.74 Å². The Morgan fingerprint density at radius 3 is 2.47 bits per heavy atom. The van der Waals surface area contributed by atoms with E-state index in [1.807, 2.05) is 30.3 Å². The fourth-order valence-corrected chi connectivity index (χ4v) is 1.77. The van der Waals surface area contributed by atoms with Crippen LogP contribution >= 0.6 is 0 Å². The van der Waals surface area contributed by atoms with Crippen molar-refractivity contribution in [2.24, 2.45) is 0 Å². The third kappa shape index (κ3) is 1.24. The van der Waals surface area contributed by atoms with Crippen molar-refractivity contribution in [3.05, 3.63) is 54.6 Å². The van der Waals surface area contributed by atoms with Gasteiger partial charge in [-0.1, -0.05) is 49.1 Å². The molecule has 0 saturated carbocycles. The lowest BCUT2D eigenvalue weighted by Crippen LogP contribution is -1.72. The van der Waals surface area contributed by atoms with E-state index >= 15 is 0 Å². The molecule has 1 nitrogen and oxygen atoms in total. The molecule has 0 unspecified atom stereocenters. The first-order valence-electron chi connectivity index (χ1n) is 4.93. The van der Waals surface area contributed by atoms with Crippen LogP contribution in [0.1, 0.15) is 5.56 Å². The predicted molar refractivity (Wildman–Crippen MR) is 62.0 cm³/mol. The fraction of sp³-hybridized carbons (Fsp3) is 0.